The highest BCUT2D eigenvalue weighted by Gasteiger charge is 2.44. The van der Waals surface area contributed by atoms with Crippen LogP contribution in [0.2, 0.25) is 0 Å². The molecule has 0 aliphatic carbocycles. The molecule has 0 amide bonds. The number of aromatic nitrogens is 2. The second-order valence-corrected chi connectivity index (χ2v) is 5.55. The Balaban J connectivity index is 1.93. The van der Waals surface area contributed by atoms with Gasteiger partial charge in [-0.1, -0.05) is 0 Å². The summed E-state index contributed by atoms with van der Waals surface area (Å²) in [6.07, 6.45) is 2.30. The van der Waals surface area contributed by atoms with Crippen molar-refractivity contribution in [1.29, 1.82) is 0 Å². The van der Waals surface area contributed by atoms with E-state index in [0.29, 0.717) is 32.1 Å². The standard InChI is InChI=1S/C12H18N4O4/c1-9-5-15(6-12(20-9)3-4-19-7-12)11-10(16(17)18)13-8-14(11)2/h8-9H,3-7H2,1-2H3. The molecule has 2 saturated heterocycles. The van der Waals surface area contributed by atoms with Crippen LogP contribution in [0.25, 0.3) is 0 Å². The third-order valence-corrected chi connectivity index (χ3v) is 3.83. The molecule has 8 heteroatoms. The average Bonchev–Trinajstić information content (AvgIpc) is 2.95. The zero-order chi connectivity index (χ0) is 14.3. The fraction of sp³-hybridized carbons (Fsp3) is 0.750. The Morgan fingerprint density at radius 3 is 3.05 bits per heavy atom. The minimum atomic E-state index is -0.437. The topological polar surface area (TPSA) is 82.7 Å². The number of anilines is 1. The van der Waals surface area contributed by atoms with Gasteiger partial charge >= 0.3 is 5.82 Å². The minimum Gasteiger partial charge on any atom is -0.378 e. The maximum atomic E-state index is 11.1. The number of nitro groups is 1. The van der Waals surface area contributed by atoms with Crippen LogP contribution in [0.1, 0.15) is 13.3 Å². The second kappa shape index (κ2) is 4.71. The first-order chi connectivity index (χ1) is 9.51. The Kier molecular flexibility index (Phi) is 3.14. The molecule has 20 heavy (non-hydrogen) atoms. The van der Waals surface area contributed by atoms with Crippen LogP contribution in [-0.2, 0) is 16.5 Å². The number of hydrogen-bond donors (Lipinski definition) is 0. The zero-order valence-corrected chi connectivity index (χ0v) is 11.6. The van der Waals surface area contributed by atoms with Crippen LogP contribution < -0.4 is 4.90 Å². The van der Waals surface area contributed by atoms with Gasteiger partial charge in [-0.3, -0.25) is 4.57 Å². The molecular weight excluding hydrogens is 264 g/mol. The number of ether oxygens (including phenoxy) is 2. The molecule has 8 nitrogen and oxygen atoms in total. The van der Waals surface area contributed by atoms with E-state index < -0.39 is 4.92 Å². The van der Waals surface area contributed by atoms with Crippen molar-refractivity contribution in [2.75, 3.05) is 31.2 Å². The first kappa shape index (κ1) is 13.3. The van der Waals surface area contributed by atoms with Crippen LogP contribution in [0.4, 0.5) is 11.6 Å². The van der Waals surface area contributed by atoms with E-state index >= 15 is 0 Å². The minimum absolute atomic E-state index is 0.0000425. The van der Waals surface area contributed by atoms with Gasteiger partial charge in [0.15, 0.2) is 0 Å². The molecule has 0 radical (unpaired) electrons. The van der Waals surface area contributed by atoms with Gasteiger partial charge in [-0.15, -0.1) is 0 Å². The predicted octanol–water partition coefficient (Wildman–Crippen LogP) is 0.712. The van der Waals surface area contributed by atoms with Crippen molar-refractivity contribution in [3.05, 3.63) is 16.4 Å². The lowest BCUT2D eigenvalue weighted by Gasteiger charge is -2.43. The van der Waals surface area contributed by atoms with Crippen LogP contribution in [0.3, 0.4) is 0 Å². The van der Waals surface area contributed by atoms with Gasteiger partial charge in [-0.05, 0) is 16.8 Å². The average molecular weight is 282 g/mol. The van der Waals surface area contributed by atoms with E-state index in [1.54, 1.807) is 11.6 Å². The van der Waals surface area contributed by atoms with E-state index in [1.807, 2.05) is 11.8 Å². The van der Waals surface area contributed by atoms with E-state index in [1.165, 1.54) is 6.33 Å². The lowest BCUT2D eigenvalue weighted by Crippen LogP contribution is -2.56. The molecule has 3 rings (SSSR count). The van der Waals surface area contributed by atoms with E-state index in [2.05, 4.69) is 4.98 Å². The van der Waals surface area contributed by atoms with E-state index in [0.717, 1.165) is 6.42 Å². The molecule has 110 valence electrons. The smallest absolute Gasteiger partial charge is 0.378 e. The molecule has 2 fully saturated rings. The number of hydrogen-bond acceptors (Lipinski definition) is 6. The van der Waals surface area contributed by atoms with Crippen LogP contribution in [0.5, 0.6) is 0 Å². The largest absolute Gasteiger partial charge is 0.406 e. The highest BCUT2D eigenvalue weighted by Crippen LogP contribution is 2.35. The fourth-order valence-electron chi connectivity index (χ4n) is 3.10. The van der Waals surface area contributed by atoms with Gasteiger partial charge in [0.2, 0.25) is 12.1 Å². The fourth-order valence-corrected chi connectivity index (χ4v) is 3.10. The summed E-state index contributed by atoms with van der Waals surface area (Å²) in [6.45, 7) is 4.40. The molecule has 2 atom stereocenters. The molecule has 2 aliphatic rings. The molecule has 0 saturated carbocycles. The molecule has 0 aromatic carbocycles. The normalized spacial score (nSPS) is 30.1. The van der Waals surface area contributed by atoms with Gasteiger partial charge in [-0.25, -0.2) is 0 Å². The van der Waals surface area contributed by atoms with E-state index in [-0.39, 0.29) is 17.5 Å². The van der Waals surface area contributed by atoms with Crippen LogP contribution in [0, 0.1) is 10.1 Å². The van der Waals surface area contributed by atoms with Crippen molar-refractivity contribution in [1.82, 2.24) is 9.55 Å². The summed E-state index contributed by atoms with van der Waals surface area (Å²) in [5.41, 5.74) is -0.351. The first-order valence-electron chi connectivity index (χ1n) is 6.67. The quantitative estimate of drug-likeness (QED) is 0.587. The van der Waals surface area contributed by atoms with Crippen molar-refractivity contribution in [2.24, 2.45) is 7.05 Å². The maximum Gasteiger partial charge on any atom is 0.406 e. The van der Waals surface area contributed by atoms with Crippen molar-refractivity contribution >= 4 is 11.6 Å². The number of morpholine rings is 1. The molecule has 0 N–H and O–H groups in total. The molecule has 3 heterocycles. The van der Waals surface area contributed by atoms with Crippen LogP contribution in [0.15, 0.2) is 6.33 Å². The Bertz CT molecular complexity index is 524. The van der Waals surface area contributed by atoms with Gasteiger partial charge in [0.1, 0.15) is 5.60 Å². The summed E-state index contributed by atoms with van der Waals surface area (Å²) in [5, 5.41) is 11.1. The Morgan fingerprint density at radius 1 is 1.60 bits per heavy atom. The number of aryl methyl sites for hydroxylation is 1. The van der Waals surface area contributed by atoms with Crippen LogP contribution >= 0.6 is 0 Å². The predicted molar refractivity (Wildman–Crippen MR) is 70.8 cm³/mol. The summed E-state index contributed by atoms with van der Waals surface area (Å²) >= 11 is 0. The van der Waals surface area contributed by atoms with Gasteiger partial charge in [0.05, 0.1) is 19.3 Å². The SMILES string of the molecule is CC1CN(c2c([N+](=O)[O-])ncn2C)CC2(CCOC2)O1. The molecule has 2 aliphatic heterocycles. The Labute approximate surface area is 116 Å². The van der Waals surface area contributed by atoms with Crippen molar-refractivity contribution in [3.63, 3.8) is 0 Å². The monoisotopic (exact) mass is 282 g/mol. The van der Waals surface area contributed by atoms with Gasteiger partial charge < -0.3 is 24.5 Å². The number of nitrogens with zero attached hydrogens (tertiary/aromatic N) is 4. The second-order valence-electron chi connectivity index (χ2n) is 5.55. The van der Waals surface area contributed by atoms with E-state index in [4.69, 9.17) is 9.47 Å². The number of imidazole rings is 1. The molecule has 2 unspecified atom stereocenters. The summed E-state index contributed by atoms with van der Waals surface area (Å²) < 4.78 is 13.2. The molecule has 1 aromatic heterocycles. The van der Waals surface area contributed by atoms with Crippen molar-refractivity contribution in [3.8, 4) is 0 Å². The first-order valence-corrected chi connectivity index (χ1v) is 6.67. The summed E-state index contributed by atoms with van der Waals surface area (Å²) in [5.74, 6) is 0.437. The van der Waals surface area contributed by atoms with Crippen molar-refractivity contribution < 1.29 is 14.4 Å². The van der Waals surface area contributed by atoms with Gasteiger partial charge in [0.25, 0.3) is 0 Å². The lowest BCUT2D eigenvalue weighted by molar-refractivity contribution is -0.388. The zero-order valence-electron chi connectivity index (χ0n) is 11.6. The number of rotatable bonds is 2. The van der Waals surface area contributed by atoms with Crippen molar-refractivity contribution in [2.45, 2.75) is 25.0 Å². The Morgan fingerprint density at radius 2 is 2.40 bits per heavy atom. The highest BCUT2D eigenvalue weighted by molar-refractivity contribution is 5.55. The summed E-state index contributed by atoms with van der Waals surface area (Å²) in [6, 6.07) is 0. The molecule has 1 aromatic rings. The van der Waals surface area contributed by atoms with Gasteiger partial charge in [0, 0.05) is 26.6 Å². The molecular formula is C12H18N4O4. The molecule has 1 spiro atoms. The Hall–Kier alpha value is -1.67. The summed E-state index contributed by atoms with van der Waals surface area (Å²) in [7, 11) is 1.77. The van der Waals surface area contributed by atoms with Crippen LogP contribution in [-0.4, -0.2) is 52.5 Å². The van der Waals surface area contributed by atoms with Gasteiger partial charge in [-0.2, -0.15) is 0 Å². The molecule has 0 bridgehead atoms. The highest BCUT2D eigenvalue weighted by atomic mass is 16.6. The summed E-state index contributed by atoms with van der Waals surface area (Å²) in [4.78, 5) is 16.6. The van der Waals surface area contributed by atoms with E-state index in [9.17, 15) is 10.1 Å². The third-order valence-electron chi connectivity index (χ3n) is 3.83. The lowest BCUT2D eigenvalue weighted by atomic mass is 9.99. The third kappa shape index (κ3) is 2.14. The maximum absolute atomic E-state index is 11.1.